The minimum atomic E-state index is -0.278. The topological polar surface area (TPSA) is 72.0 Å². The van der Waals surface area contributed by atoms with Crippen molar-refractivity contribution in [3.63, 3.8) is 0 Å². The maximum Gasteiger partial charge on any atom is 0.264 e. The molecule has 1 atom stereocenters. The van der Waals surface area contributed by atoms with Crippen molar-refractivity contribution in [1.82, 2.24) is 14.8 Å². The molecule has 0 aliphatic carbocycles. The molecule has 1 aliphatic heterocycles. The molecule has 0 aromatic carbocycles. The van der Waals surface area contributed by atoms with Gasteiger partial charge >= 0.3 is 0 Å². The molecule has 3 heterocycles. The highest BCUT2D eigenvalue weighted by atomic mass is 32.1. The zero-order valence-electron chi connectivity index (χ0n) is 17.7. The molecular formula is C22H29N3O4S. The molecule has 1 aliphatic rings. The Bertz CT molecular complexity index is 840. The summed E-state index contributed by atoms with van der Waals surface area (Å²) < 4.78 is 11.2. The number of hydrogen-bond acceptors (Lipinski definition) is 6. The van der Waals surface area contributed by atoms with Crippen molar-refractivity contribution in [3.05, 3.63) is 52.0 Å². The quantitative estimate of drug-likeness (QED) is 0.643. The van der Waals surface area contributed by atoms with Crippen molar-refractivity contribution in [2.75, 3.05) is 33.3 Å². The Labute approximate surface area is 181 Å². The molecule has 7 nitrogen and oxygen atoms in total. The maximum atomic E-state index is 13.1. The summed E-state index contributed by atoms with van der Waals surface area (Å²) in [7, 11) is 1.63. The van der Waals surface area contributed by atoms with E-state index in [1.54, 1.807) is 24.3 Å². The van der Waals surface area contributed by atoms with Crippen LogP contribution in [0, 0.1) is 5.92 Å². The number of ether oxygens (including phenoxy) is 2. The number of hydrogen-bond donors (Lipinski definition) is 0. The van der Waals surface area contributed by atoms with Crippen LogP contribution in [-0.4, -0.2) is 66.0 Å². The minimum Gasteiger partial charge on any atom is -0.379 e. The van der Waals surface area contributed by atoms with E-state index in [9.17, 15) is 9.59 Å². The molecule has 0 unspecified atom stereocenters. The summed E-state index contributed by atoms with van der Waals surface area (Å²) in [6.07, 6.45) is 1.45. The molecule has 2 aromatic heterocycles. The van der Waals surface area contributed by atoms with Gasteiger partial charge in [0.15, 0.2) is 0 Å². The fraction of sp³-hybridized carbons (Fsp3) is 0.500. The summed E-state index contributed by atoms with van der Waals surface area (Å²) in [6.45, 7) is 6.50. The predicted octanol–water partition coefficient (Wildman–Crippen LogP) is 2.82. The van der Waals surface area contributed by atoms with Crippen molar-refractivity contribution in [1.29, 1.82) is 0 Å². The smallest absolute Gasteiger partial charge is 0.264 e. The number of thiophene rings is 1. The summed E-state index contributed by atoms with van der Waals surface area (Å²) in [6, 6.07) is 9.36. The third kappa shape index (κ3) is 6.10. The summed E-state index contributed by atoms with van der Waals surface area (Å²) in [5.41, 5.74) is 0.823. The van der Waals surface area contributed by atoms with E-state index in [2.05, 4.69) is 18.8 Å². The molecule has 3 rings (SSSR count). The first-order valence-electron chi connectivity index (χ1n) is 10.1. The van der Waals surface area contributed by atoms with Gasteiger partial charge in [0.1, 0.15) is 6.54 Å². The molecule has 2 aromatic rings. The normalized spacial score (nSPS) is 17.5. The third-order valence-electron chi connectivity index (χ3n) is 4.75. The predicted molar refractivity (Wildman–Crippen MR) is 115 cm³/mol. The summed E-state index contributed by atoms with van der Waals surface area (Å²) >= 11 is 1.40. The van der Waals surface area contributed by atoms with Gasteiger partial charge in [-0.1, -0.05) is 19.9 Å². The van der Waals surface area contributed by atoms with Crippen molar-refractivity contribution >= 4 is 23.2 Å². The Hall–Kier alpha value is -2.29. The second-order valence-corrected chi connectivity index (χ2v) is 9.00. The van der Waals surface area contributed by atoms with E-state index in [1.807, 2.05) is 29.2 Å². The fourth-order valence-electron chi connectivity index (χ4n) is 3.41. The number of nitrogens with zero attached hydrogens (tertiary/aromatic N) is 3. The SMILES string of the molecule is COCc1ccc(C(=O)N2CC(=O)N(CC(C)C)C[C@@H](OCc3ccccn3)C2)s1. The number of carbonyl (C=O) groups excluding carboxylic acids is 2. The van der Waals surface area contributed by atoms with Gasteiger partial charge < -0.3 is 19.3 Å². The van der Waals surface area contributed by atoms with Crippen LogP contribution in [0.2, 0.25) is 0 Å². The summed E-state index contributed by atoms with van der Waals surface area (Å²) in [4.78, 5) is 35.3. The van der Waals surface area contributed by atoms with Gasteiger partial charge in [0.05, 0.1) is 29.9 Å². The molecular weight excluding hydrogens is 402 g/mol. The van der Waals surface area contributed by atoms with Crippen LogP contribution in [0.3, 0.4) is 0 Å². The second kappa shape index (κ2) is 10.7. The lowest BCUT2D eigenvalue weighted by molar-refractivity contribution is -0.132. The van der Waals surface area contributed by atoms with E-state index in [4.69, 9.17) is 9.47 Å². The third-order valence-corrected chi connectivity index (χ3v) is 5.80. The second-order valence-electron chi connectivity index (χ2n) is 7.83. The maximum absolute atomic E-state index is 13.1. The van der Waals surface area contributed by atoms with Crippen LogP contribution >= 0.6 is 11.3 Å². The molecule has 0 saturated carbocycles. The van der Waals surface area contributed by atoms with Crippen LogP contribution < -0.4 is 0 Å². The monoisotopic (exact) mass is 431 g/mol. The Kier molecular flexibility index (Phi) is 7.95. The van der Waals surface area contributed by atoms with Gasteiger partial charge in [0.2, 0.25) is 5.91 Å². The van der Waals surface area contributed by atoms with E-state index in [0.717, 1.165) is 10.6 Å². The molecule has 30 heavy (non-hydrogen) atoms. The minimum absolute atomic E-state index is 0.0466. The van der Waals surface area contributed by atoms with Crippen molar-refractivity contribution in [2.45, 2.75) is 33.2 Å². The van der Waals surface area contributed by atoms with E-state index in [0.29, 0.717) is 43.6 Å². The first kappa shape index (κ1) is 22.4. The number of carbonyl (C=O) groups is 2. The lowest BCUT2D eigenvalue weighted by Gasteiger charge is -2.25. The van der Waals surface area contributed by atoms with Gasteiger partial charge in [0, 0.05) is 37.8 Å². The fourth-order valence-corrected chi connectivity index (χ4v) is 4.36. The molecule has 0 spiro atoms. The first-order chi connectivity index (χ1) is 14.5. The highest BCUT2D eigenvalue weighted by molar-refractivity contribution is 7.14. The Morgan fingerprint density at radius 2 is 2.07 bits per heavy atom. The van der Waals surface area contributed by atoms with E-state index < -0.39 is 0 Å². The molecule has 162 valence electrons. The van der Waals surface area contributed by atoms with Crippen LogP contribution in [0.5, 0.6) is 0 Å². The number of pyridine rings is 1. The van der Waals surface area contributed by atoms with Gasteiger partial charge in [-0.15, -0.1) is 11.3 Å². The van der Waals surface area contributed by atoms with E-state index >= 15 is 0 Å². The number of rotatable bonds is 8. The van der Waals surface area contributed by atoms with Crippen LogP contribution in [0.1, 0.15) is 34.1 Å². The molecule has 1 saturated heterocycles. The molecule has 0 radical (unpaired) electrons. The van der Waals surface area contributed by atoms with Crippen LogP contribution in [-0.2, 0) is 27.5 Å². The van der Waals surface area contributed by atoms with E-state index in [1.165, 1.54) is 11.3 Å². The highest BCUT2D eigenvalue weighted by Gasteiger charge is 2.32. The van der Waals surface area contributed by atoms with Crippen LogP contribution in [0.4, 0.5) is 0 Å². The van der Waals surface area contributed by atoms with Crippen molar-refractivity contribution < 1.29 is 19.1 Å². The van der Waals surface area contributed by atoms with Gasteiger partial charge in [-0.2, -0.15) is 0 Å². The van der Waals surface area contributed by atoms with Gasteiger partial charge in [-0.3, -0.25) is 14.6 Å². The lowest BCUT2D eigenvalue weighted by atomic mass is 10.2. The van der Waals surface area contributed by atoms with Gasteiger partial charge in [-0.25, -0.2) is 0 Å². The Morgan fingerprint density at radius 3 is 2.77 bits per heavy atom. The summed E-state index contributed by atoms with van der Waals surface area (Å²) in [5, 5.41) is 0. The van der Waals surface area contributed by atoms with Gasteiger partial charge in [-0.05, 0) is 30.2 Å². The van der Waals surface area contributed by atoms with Crippen molar-refractivity contribution in [3.8, 4) is 0 Å². The highest BCUT2D eigenvalue weighted by Crippen LogP contribution is 2.21. The number of methoxy groups -OCH3 is 1. The average Bonchev–Trinajstić information content (AvgIpc) is 3.13. The Morgan fingerprint density at radius 1 is 1.23 bits per heavy atom. The molecule has 2 amide bonds. The summed E-state index contributed by atoms with van der Waals surface area (Å²) in [5.74, 6) is 0.143. The molecule has 0 N–H and O–H groups in total. The Balaban J connectivity index is 1.74. The lowest BCUT2D eigenvalue weighted by Crippen LogP contribution is -2.40. The average molecular weight is 432 g/mol. The molecule has 1 fully saturated rings. The largest absolute Gasteiger partial charge is 0.379 e. The number of aromatic nitrogens is 1. The first-order valence-corrected chi connectivity index (χ1v) is 10.9. The zero-order chi connectivity index (χ0) is 21.5. The van der Waals surface area contributed by atoms with Crippen LogP contribution in [0.15, 0.2) is 36.5 Å². The number of amides is 2. The van der Waals surface area contributed by atoms with Crippen molar-refractivity contribution in [2.24, 2.45) is 5.92 Å². The molecule has 0 bridgehead atoms. The standard InChI is InChI=1S/C22H29N3O4S/c1-16(2)10-24-11-18(29-14-17-6-4-5-9-23-17)12-25(13-21(24)26)22(27)20-8-7-19(30-20)15-28-3/h4-9,16,18H,10-15H2,1-3H3/t18-/m1/s1. The zero-order valence-corrected chi connectivity index (χ0v) is 18.6. The van der Waals surface area contributed by atoms with Gasteiger partial charge in [0.25, 0.3) is 5.91 Å². The van der Waals surface area contributed by atoms with Crippen LogP contribution in [0.25, 0.3) is 0 Å². The molecule has 8 heteroatoms. The van der Waals surface area contributed by atoms with E-state index in [-0.39, 0.29) is 24.5 Å².